The normalized spacial score (nSPS) is 10.2. The summed E-state index contributed by atoms with van der Waals surface area (Å²) in [6.45, 7) is 0.0920. The van der Waals surface area contributed by atoms with Crippen molar-refractivity contribution in [3.8, 4) is 0 Å². The van der Waals surface area contributed by atoms with Crippen LogP contribution in [0.4, 0.5) is 0 Å². The highest BCUT2D eigenvalue weighted by molar-refractivity contribution is 6.29. The third kappa shape index (κ3) is 3.32. The van der Waals surface area contributed by atoms with Crippen molar-refractivity contribution < 1.29 is 19.1 Å². The second kappa shape index (κ2) is 5.53. The van der Waals surface area contributed by atoms with E-state index in [4.69, 9.17) is 21.1 Å². The van der Waals surface area contributed by atoms with Crippen LogP contribution in [0.1, 0.15) is 26.7 Å². The Labute approximate surface area is 113 Å². The molecule has 2 aromatic heterocycles. The van der Waals surface area contributed by atoms with Gasteiger partial charge in [0.25, 0.3) is 5.91 Å². The van der Waals surface area contributed by atoms with Gasteiger partial charge in [0.1, 0.15) is 10.9 Å². The Hall–Kier alpha value is -2.34. The van der Waals surface area contributed by atoms with Crippen LogP contribution in [0, 0.1) is 0 Å². The first kappa shape index (κ1) is 13.1. The summed E-state index contributed by atoms with van der Waals surface area (Å²) in [5.74, 6) is -1.32. The van der Waals surface area contributed by atoms with Gasteiger partial charge in [0.05, 0.1) is 12.1 Å². The number of hydrogen-bond acceptors (Lipinski definition) is 4. The highest BCUT2D eigenvalue weighted by atomic mass is 35.5. The summed E-state index contributed by atoms with van der Waals surface area (Å²) in [6, 6.07) is 5.86. The third-order valence-corrected chi connectivity index (χ3v) is 2.51. The van der Waals surface area contributed by atoms with Crippen LogP contribution in [0.15, 0.2) is 34.9 Å². The molecule has 0 atom stereocenters. The maximum atomic E-state index is 11.7. The largest absolute Gasteiger partial charge is 0.475 e. The number of aromatic nitrogens is 1. The summed E-state index contributed by atoms with van der Waals surface area (Å²) < 4.78 is 5.00. The number of carboxylic acid groups (broad SMARTS) is 1. The van der Waals surface area contributed by atoms with E-state index >= 15 is 0 Å². The summed E-state index contributed by atoms with van der Waals surface area (Å²) in [4.78, 5) is 26.1. The fourth-order valence-electron chi connectivity index (χ4n) is 1.37. The minimum atomic E-state index is -1.15. The molecule has 0 radical (unpaired) electrons. The summed E-state index contributed by atoms with van der Waals surface area (Å²) in [6.07, 6.45) is 1.35. The van der Waals surface area contributed by atoms with Crippen LogP contribution >= 0.6 is 11.6 Å². The minimum absolute atomic E-state index is 0.0920. The van der Waals surface area contributed by atoms with Gasteiger partial charge in [-0.25, -0.2) is 9.78 Å². The van der Waals surface area contributed by atoms with E-state index < -0.39 is 5.97 Å². The van der Waals surface area contributed by atoms with Gasteiger partial charge in [-0.1, -0.05) is 11.6 Å². The van der Waals surface area contributed by atoms with E-state index in [0.717, 1.165) is 0 Å². The zero-order valence-corrected chi connectivity index (χ0v) is 10.3. The van der Waals surface area contributed by atoms with Crippen molar-refractivity contribution in [3.63, 3.8) is 0 Å². The fourth-order valence-corrected chi connectivity index (χ4v) is 1.48. The van der Waals surface area contributed by atoms with Crippen LogP contribution in [0.2, 0.25) is 5.15 Å². The number of nitrogens with one attached hydrogen (secondary N) is 1. The number of amides is 1. The lowest BCUT2D eigenvalue weighted by molar-refractivity contribution is 0.0660. The molecule has 0 aliphatic heterocycles. The van der Waals surface area contributed by atoms with Gasteiger partial charge in [0.2, 0.25) is 5.76 Å². The summed E-state index contributed by atoms with van der Waals surface area (Å²) >= 11 is 5.61. The number of carbonyl (C=O) groups is 2. The minimum Gasteiger partial charge on any atom is -0.475 e. The van der Waals surface area contributed by atoms with Crippen LogP contribution in [-0.4, -0.2) is 22.0 Å². The summed E-state index contributed by atoms with van der Waals surface area (Å²) in [5.41, 5.74) is 0.356. The maximum Gasteiger partial charge on any atom is 0.371 e. The van der Waals surface area contributed by atoms with Crippen LogP contribution in [-0.2, 0) is 6.54 Å². The topological polar surface area (TPSA) is 92.4 Å². The number of rotatable bonds is 4. The third-order valence-electron chi connectivity index (χ3n) is 2.29. The van der Waals surface area contributed by atoms with Crippen molar-refractivity contribution in [1.82, 2.24) is 10.3 Å². The predicted molar refractivity (Wildman–Crippen MR) is 66.1 cm³/mol. The molecule has 0 aliphatic rings. The lowest BCUT2D eigenvalue weighted by Crippen LogP contribution is -2.22. The van der Waals surface area contributed by atoms with Crippen molar-refractivity contribution in [2.75, 3.05) is 0 Å². The van der Waals surface area contributed by atoms with Crippen molar-refractivity contribution in [2.45, 2.75) is 6.54 Å². The standard InChI is InChI=1S/C12H9ClN2O4/c13-10-4-1-7(5-14-10)11(16)15-6-8-2-3-9(19-8)12(17)18/h1-5H,6H2,(H,15,16)(H,17,18). The van der Waals surface area contributed by atoms with Gasteiger partial charge in [-0.05, 0) is 24.3 Å². The molecular weight excluding hydrogens is 272 g/mol. The van der Waals surface area contributed by atoms with E-state index in [9.17, 15) is 9.59 Å². The Morgan fingerprint density at radius 2 is 2.11 bits per heavy atom. The number of carbonyl (C=O) groups excluding carboxylic acids is 1. The Morgan fingerprint density at radius 1 is 1.32 bits per heavy atom. The summed E-state index contributed by atoms with van der Waals surface area (Å²) in [7, 11) is 0. The molecule has 98 valence electrons. The van der Waals surface area contributed by atoms with E-state index in [2.05, 4.69) is 10.3 Å². The Kier molecular flexibility index (Phi) is 3.82. The number of nitrogens with zero attached hydrogens (tertiary/aromatic N) is 1. The first-order valence-electron chi connectivity index (χ1n) is 5.28. The second-order valence-corrected chi connectivity index (χ2v) is 4.01. The molecular formula is C12H9ClN2O4. The van der Waals surface area contributed by atoms with E-state index in [-0.39, 0.29) is 18.2 Å². The fraction of sp³-hybridized carbons (Fsp3) is 0.0833. The van der Waals surface area contributed by atoms with E-state index in [1.54, 1.807) is 0 Å². The lowest BCUT2D eigenvalue weighted by Gasteiger charge is -2.02. The maximum absolute atomic E-state index is 11.7. The van der Waals surface area contributed by atoms with Gasteiger partial charge in [0.15, 0.2) is 0 Å². The molecule has 2 N–H and O–H groups in total. The van der Waals surface area contributed by atoms with E-state index in [0.29, 0.717) is 16.5 Å². The second-order valence-electron chi connectivity index (χ2n) is 3.62. The number of hydrogen-bond donors (Lipinski definition) is 2. The molecule has 0 spiro atoms. The number of carboxylic acids is 1. The van der Waals surface area contributed by atoms with Gasteiger partial charge >= 0.3 is 5.97 Å². The van der Waals surface area contributed by atoms with Gasteiger partial charge < -0.3 is 14.8 Å². The van der Waals surface area contributed by atoms with E-state index in [1.807, 2.05) is 0 Å². The van der Waals surface area contributed by atoms with Gasteiger partial charge in [0, 0.05) is 6.20 Å². The molecule has 0 saturated heterocycles. The van der Waals surface area contributed by atoms with Crippen LogP contribution in [0.3, 0.4) is 0 Å². The van der Waals surface area contributed by atoms with Crippen LogP contribution < -0.4 is 5.32 Å². The average Bonchev–Trinajstić information content (AvgIpc) is 2.86. The van der Waals surface area contributed by atoms with Gasteiger partial charge in [-0.15, -0.1) is 0 Å². The van der Waals surface area contributed by atoms with Crippen molar-refractivity contribution >= 4 is 23.5 Å². The molecule has 0 aliphatic carbocycles. The summed E-state index contributed by atoms with van der Waals surface area (Å²) in [5, 5.41) is 11.6. The smallest absolute Gasteiger partial charge is 0.371 e. The van der Waals surface area contributed by atoms with Crippen molar-refractivity contribution in [1.29, 1.82) is 0 Å². The molecule has 7 heteroatoms. The van der Waals surface area contributed by atoms with Gasteiger partial charge in [-0.2, -0.15) is 0 Å². The number of furan rings is 1. The SMILES string of the molecule is O=C(NCc1ccc(C(=O)O)o1)c1ccc(Cl)nc1. The highest BCUT2D eigenvalue weighted by Gasteiger charge is 2.10. The van der Waals surface area contributed by atoms with Crippen molar-refractivity contribution in [3.05, 3.63) is 52.7 Å². The van der Waals surface area contributed by atoms with Crippen LogP contribution in [0.5, 0.6) is 0 Å². The first-order chi connectivity index (χ1) is 9.06. The van der Waals surface area contributed by atoms with Crippen molar-refractivity contribution in [2.24, 2.45) is 0 Å². The van der Waals surface area contributed by atoms with E-state index in [1.165, 1.54) is 30.5 Å². The molecule has 0 bridgehead atoms. The highest BCUT2D eigenvalue weighted by Crippen LogP contribution is 2.08. The molecule has 1 amide bonds. The number of aromatic carboxylic acids is 1. The molecule has 2 heterocycles. The number of pyridine rings is 1. The van der Waals surface area contributed by atoms with Gasteiger partial charge in [-0.3, -0.25) is 4.79 Å². The Morgan fingerprint density at radius 3 is 2.68 bits per heavy atom. The molecule has 0 unspecified atom stereocenters. The molecule has 0 fully saturated rings. The molecule has 6 nitrogen and oxygen atoms in total. The Balaban J connectivity index is 1.96. The zero-order valence-electron chi connectivity index (χ0n) is 9.59. The average molecular weight is 281 g/mol. The number of halogens is 1. The molecule has 0 saturated carbocycles. The molecule has 2 rings (SSSR count). The molecule has 2 aromatic rings. The quantitative estimate of drug-likeness (QED) is 0.835. The Bertz CT molecular complexity index is 606. The van der Waals surface area contributed by atoms with Crippen LogP contribution in [0.25, 0.3) is 0 Å². The molecule has 19 heavy (non-hydrogen) atoms. The lowest BCUT2D eigenvalue weighted by atomic mass is 10.2. The molecule has 0 aromatic carbocycles. The zero-order chi connectivity index (χ0) is 13.8. The monoisotopic (exact) mass is 280 g/mol. The first-order valence-corrected chi connectivity index (χ1v) is 5.66. The predicted octanol–water partition coefficient (Wildman–Crippen LogP) is 1.96.